The molecule has 2 atom stereocenters. The van der Waals surface area contributed by atoms with Crippen LogP contribution in [-0.2, 0) is 30.4 Å². The Labute approximate surface area is 230 Å². The van der Waals surface area contributed by atoms with Gasteiger partial charge in [-0.15, -0.1) is 0 Å². The molecule has 2 fully saturated rings. The molecule has 0 aliphatic carbocycles. The van der Waals surface area contributed by atoms with Crippen molar-refractivity contribution < 1.29 is 43.0 Å². The predicted molar refractivity (Wildman–Crippen MR) is 138 cm³/mol. The Hall–Kier alpha value is -4.49. The van der Waals surface area contributed by atoms with E-state index in [1.807, 2.05) is 6.92 Å². The van der Waals surface area contributed by atoms with Crippen LogP contribution >= 0.6 is 0 Å². The summed E-state index contributed by atoms with van der Waals surface area (Å²) in [7, 11) is 2.85. The number of hydrogen-bond donors (Lipinski definition) is 2. The number of hydrogen-bond acceptors (Lipinski definition) is 9. The SMILES string of the molecule is CCc1cc(C(=O)C(=O)NN2CCC(=O)N3CCC[C@@H](C(=O)N[C@H](C=O)CC(C)=O)N3C2=O)cc(OC)c1OC. The Morgan fingerprint density at radius 1 is 1.12 bits per heavy atom. The summed E-state index contributed by atoms with van der Waals surface area (Å²) >= 11 is 0. The predicted octanol–water partition coefficient (Wildman–Crippen LogP) is 0.177. The van der Waals surface area contributed by atoms with E-state index in [1.54, 1.807) is 0 Å². The fourth-order valence-electron chi connectivity index (χ4n) is 4.68. The normalized spacial score (nSPS) is 17.8. The number of carbonyl (C=O) groups excluding carboxylic acids is 7. The second-order valence-electron chi connectivity index (χ2n) is 9.36. The summed E-state index contributed by atoms with van der Waals surface area (Å²) in [6.45, 7) is 3.03. The van der Waals surface area contributed by atoms with Gasteiger partial charge in [0.2, 0.25) is 11.8 Å². The first-order valence-electron chi connectivity index (χ1n) is 12.8. The topological polar surface area (TPSA) is 172 Å². The highest BCUT2D eigenvalue weighted by molar-refractivity contribution is 6.43. The second-order valence-corrected chi connectivity index (χ2v) is 9.36. The first kappa shape index (κ1) is 30.1. The van der Waals surface area contributed by atoms with E-state index in [4.69, 9.17) is 9.47 Å². The van der Waals surface area contributed by atoms with Crippen LogP contribution in [0.15, 0.2) is 12.1 Å². The molecule has 0 radical (unpaired) electrons. The lowest BCUT2D eigenvalue weighted by Gasteiger charge is -2.42. The number of nitrogens with zero attached hydrogens (tertiary/aromatic N) is 3. The number of benzene rings is 1. The van der Waals surface area contributed by atoms with Crippen LogP contribution in [0.5, 0.6) is 11.5 Å². The number of fused-ring (bicyclic) bond motifs is 1. The lowest BCUT2D eigenvalue weighted by molar-refractivity contribution is -0.155. The maximum atomic E-state index is 13.5. The van der Waals surface area contributed by atoms with Gasteiger partial charge in [0.1, 0.15) is 18.1 Å². The van der Waals surface area contributed by atoms with Crippen molar-refractivity contribution in [1.29, 1.82) is 0 Å². The molecule has 2 N–H and O–H groups in total. The largest absolute Gasteiger partial charge is 0.493 e. The number of aldehydes is 1. The molecule has 2 aliphatic rings. The van der Waals surface area contributed by atoms with Crippen molar-refractivity contribution in [1.82, 2.24) is 25.8 Å². The van der Waals surface area contributed by atoms with Crippen LogP contribution < -0.4 is 20.2 Å². The fourth-order valence-corrected chi connectivity index (χ4v) is 4.68. The lowest BCUT2D eigenvalue weighted by Crippen LogP contribution is -2.65. The Kier molecular flexibility index (Phi) is 9.80. The van der Waals surface area contributed by atoms with E-state index in [1.165, 1.54) is 33.3 Å². The average molecular weight is 560 g/mol. The molecule has 1 aromatic carbocycles. The monoisotopic (exact) mass is 559 g/mol. The van der Waals surface area contributed by atoms with Crippen LogP contribution in [0, 0.1) is 0 Å². The molecule has 5 amide bonds. The molecule has 0 spiro atoms. The summed E-state index contributed by atoms with van der Waals surface area (Å²) in [4.78, 5) is 88.3. The highest BCUT2D eigenvalue weighted by Crippen LogP contribution is 2.33. The third-order valence-corrected chi connectivity index (χ3v) is 6.61. The highest BCUT2D eigenvalue weighted by atomic mass is 16.5. The summed E-state index contributed by atoms with van der Waals surface area (Å²) in [5.41, 5.74) is 2.91. The molecule has 14 heteroatoms. The van der Waals surface area contributed by atoms with Gasteiger partial charge < -0.3 is 19.6 Å². The van der Waals surface area contributed by atoms with E-state index in [9.17, 15) is 33.6 Å². The number of amides is 5. The Morgan fingerprint density at radius 2 is 1.85 bits per heavy atom. The zero-order valence-corrected chi connectivity index (χ0v) is 22.9. The number of ketones is 2. The van der Waals surface area contributed by atoms with Gasteiger partial charge in [0.05, 0.1) is 26.8 Å². The number of nitrogens with one attached hydrogen (secondary N) is 2. The van der Waals surface area contributed by atoms with Gasteiger partial charge in [-0.3, -0.25) is 29.4 Å². The summed E-state index contributed by atoms with van der Waals surface area (Å²) in [6, 6.07) is -0.339. The minimum absolute atomic E-state index is 0.00702. The summed E-state index contributed by atoms with van der Waals surface area (Å²) in [5.74, 6) is -2.92. The van der Waals surface area contributed by atoms with Crippen LogP contribution in [-0.4, -0.2) is 96.0 Å². The number of carbonyl (C=O) groups is 7. The van der Waals surface area contributed by atoms with Crippen molar-refractivity contribution in [2.24, 2.45) is 0 Å². The molecular formula is C26H33N5O9. The van der Waals surface area contributed by atoms with Crippen molar-refractivity contribution in [3.05, 3.63) is 23.3 Å². The smallest absolute Gasteiger partial charge is 0.358 e. The number of rotatable bonds is 11. The number of ether oxygens (including phenoxy) is 2. The maximum Gasteiger partial charge on any atom is 0.358 e. The van der Waals surface area contributed by atoms with E-state index >= 15 is 0 Å². The van der Waals surface area contributed by atoms with Crippen molar-refractivity contribution in [3.8, 4) is 11.5 Å². The van der Waals surface area contributed by atoms with Crippen LogP contribution in [0.3, 0.4) is 0 Å². The minimum atomic E-state index is -1.19. The third-order valence-electron chi connectivity index (χ3n) is 6.61. The average Bonchev–Trinajstić information content (AvgIpc) is 3.07. The van der Waals surface area contributed by atoms with Crippen molar-refractivity contribution >= 4 is 41.6 Å². The molecular weight excluding hydrogens is 526 g/mol. The van der Waals surface area contributed by atoms with Gasteiger partial charge in [0.25, 0.3) is 5.78 Å². The summed E-state index contributed by atoms with van der Waals surface area (Å²) in [5, 5.41) is 5.32. The quantitative estimate of drug-likeness (QED) is 0.218. The number of methoxy groups -OCH3 is 2. The van der Waals surface area contributed by atoms with Gasteiger partial charge in [-0.05, 0) is 43.9 Å². The molecule has 0 aromatic heterocycles. The van der Waals surface area contributed by atoms with Gasteiger partial charge in [0, 0.05) is 24.9 Å². The molecule has 14 nitrogen and oxygen atoms in total. The van der Waals surface area contributed by atoms with E-state index < -0.39 is 41.6 Å². The first-order valence-corrected chi connectivity index (χ1v) is 12.8. The second kappa shape index (κ2) is 13.0. The Morgan fingerprint density at radius 3 is 2.45 bits per heavy atom. The van der Waals surface area contributed by atoms with Gasteiger partial charge in [-0.1, -0.05) is 6.92 Å². The molecule has 3 rings (SSSR count). The van der Waals surface area contributed by atoms with Crippen LogP contribution in [0.1, 0.15) is 55.5 Å². The van der Waals surface area contributed by atoms with Gasteiger partial charge in [0.15, 0.2) is 11.5 Å². The molecule has 2 saturated heterocycles. The zero-order valence-electron chi connectivity index (χ0n) is 22.9. The molecule has 1 aromatic rings. The lowest BCUT2D eigenvalue weighted by atomic mass is 10.0. The fraction of sp³-hybridized carbons (Fsp3) is 0.500. The van der Waals surface area contributed by atoms with Gasteiger partial charge in [-0.25, -0.2) is 19.8 Å². The molecule has 40 heavy (non-hydrogen) atoms. The number of aryl methyl sites for hydroxylation is 1. The number of hydrazine groups is 2. The number of Topliss-reactive ketones (excluding diaryl/α,β-unsaturated/α-hetero) is 2. The number of urea groups is 1. The van der Waals surface area contributed by atoms with Gasteiger partial charge in [-0.2, -0.15) is 0 Å². The molecule has 0 saturated carbocycles. The highest BCUT2D eigenvalue weighted by Gasteiger charge is 2.44. The molecule has 0 unspecified atom stereocenters. The van der Waals surface area contributed by atoms with Crippen LogP contribution in [0.25, 0.3) is 0 Å². The Bertz CT molecular complexity index is 1190. The summed E-state index contributed by atoms with van der Waals surface area (Å²) < 4.78 is 10.6. The molecule has 216 valence electrons. The van der Waals surface area contributed by atoms with Crippen LogP contribution in [0.2, 0.25) is 0 Å². The van der Waals surface area contributed by atoms with E-state index in [0.29, 0.717) is 30.4 Å². The first-order chi connectivity index (χ1) is 19.1. The molecule has 0 bridgehead atoms. The maximum absolute atomic E-state index is 13.5. The van der Waals surface area contributed by atoms with Crippen molar-refractivity contribution in [2.45, 2.75) is 58.0 Å². The Balaban J connectivity index is 1.84. The standard InChI is InChI=1S/C26H33N5O9/c1-5-16-12-17(13-20(39-3)23(16)40-4)22(35)25(37)28-29-10-8-21(34)30-9-6-7-19(31(30)26(29)38)24(36)27-18(14-32)11-15(2)33/h12-14,18-19H,5-11H2,1-4H3,(H,27,36)(H,28,37)/t18-,19-/m0/s1. The molecule has 2 heterocycles. The van der Waals surface area contributed by atoms with E-state index in [2.05, 4.69) is 10.7 Å². The van der Waals surface area contributed by atoms with E-state index in [-0.39, 0.29) is 49.4 Å². The third kappa shape index (κ3) is 6.38. The zero-order chi connectivity index (χ0) is 29.6. The minimum Gasteiger partial charge on any atom is -0.493 e. The van der Waals surface area contributed by atoms with Gasteiger partial charge >= 0.3 is 11.9 Å². The van der Waals surface area contributed by atoms with Crippen molar-refractivity contribution in [2.75, 3.05) is 27.3 Å². The van der Waals surface area contributed by atoms with Crippen molar-refractivity contribution in [3.63, 3.8) is 0 Å². The molecule has 2 aliphatic heterocycles. The van der Waals surface area contributed by atoms with E-state index in [0.717, 1.165) is 15.0 Å². The van der Waals surface area contributed by atoms with Crippen LogP contribution in [0.4, 0.5) is 4.79 Å². The summed E-state index contributed by atoms with van der Waals surface area (Å²) in [6.07, 6.45) is 1.07.